The third-order valence-corrected chi connectivity index (χ3v) is 3.52. The lowest BCUT2D eigenvalue weighted by Crippen LogP contribution is -2.57. The molecule has 20 heavy (non-hydrogen) atoms. The summed E-state index contributed by atoms with van der Waals surface area (Å²) >= 11 is 0. The first-order valence-electron chi connectivity index (χ1n) is 7.10. The first-order chi connectivity index (χ1) is 9.10. The highest BCUT2D eigenvalue weighted by Crippen LogP contribution is 2.34. The lowest BCUT2D eigenvalue weighted by molar-refractivity contribution is -0.133. The van der Waals surface area contributed by atoms with Crippen molar-refractivity contribution in [1.82, 2.24) is 0 Å². The molecule has 112 valence electrons. The summed E-state index contributed by atoms with van der Waals surface area (Å²) in [7, 11) is 0. The zero-order valence-electron chi connectivity index (χ0n) is 13.0. The molecule has 0 bridgehead atoms. The van der Waals surface area contributed by atoms with Gasteiger partial charge in [-0.25, -0.2) is 4.39 Å². The number of hydrogen-bond donors (Lipinski definition) is 1. The van der Waals surface area contributed by atoms with Crippen molar-refractivity contribution in [3.05, 3.63) is 29.6 Å². The van der Waals surface area contributed by atoms with E-state index in [0.717, 1.165) is 24.3 Å². The van der Waals surface area contributed by atoms with Gasteiger partial charge in [-0.1, -0.05) is 0 Å². The van der Waals surface area contributed by atoms with Crippen molar-refractivity contribution < 1.29 is 9.13 Å². The quantitative estimate of drug-likeness (QED) is 0.904. The minimum atomic E-state index is -0.245. The van der Waals surface area contributed by atoms with Gasteiger partial charge in [-0.05, 0) is 58.4 Å². The average Bonchev–Trinajstić information content (AvgIpc) is 2.24. The molecule has 1 atom stereocenters. The van der Waals surface area contributed by atoms with Gasteiger partial charge in [0.15, 0.2) is 0 Å². The Balaban J connectivity index is 2.40. The zero-order chi connectivity index (χ0) is 15.1. The number of ether oxygens (including phenoxy) is 1. The molecule has 1 heterocycles. The lowest BCUT2D eigenvalue weighted by atomic mass is 9.96. The molecule has 1 aliphatic heterocycles. The molecule has 4 heteroatoms. The van der Waals surface area contributed by atoms with Gasteiger partial charge in [-0.2, -0.15) is 0 Å². The highest BCUT2D eigenvalue weighted by atomic mass is 19.1. The second-order valence-corrected chi connectivity index (χ2v) is 6.97. The van der Waals surface area contributed by atoms with E-state index in [2.05, 4.69) is 32.6 Å². The number of anilines is 1. The maximum Gasteiger partial charge on any atom is 0.123 e. The Labute approximate surface area is 120 Å². The minimum absolute atomic E-state index is 0.199. The predicted molar refractivity (Wildman–Crippen MR) is 80.5 cm³/mol. The molecule has 1 aromatic carbocycles. The summed E-state index contributed by atoms with van der Waals surface area (Å²) in [6.45, 7) is 11.7. The second-order valence-electron chi connectivity index (χ2n) is 6.97. The first-order valence-corrected chi connectivity index (χ1v) is 7.10. The number of benzene rings is 1. The smallest absolute Gasteiger partial charge is 0.123 e. The number of nitrogens with two attached hydrogens (primary N) is 1. The molecule has 0 aliphatic carbocycles. The van der Waals surface area contributed by atoms with Crippen molar-refractivity contribution in [2.45, 2.75) is 51.9 Å². The van der Waals surface area contributed by atoms with Crippen LogP contribution in [0.3, 0.4) is 0 Å². The molecule has 0 unspecified atom stereocenters. The molecule has 0 aromatic heterocycles. The van der Waals surface area contributed by atoms with Crippen molar-refractivity contribution >= 4 is 5.69 Å². The summed E-state index contributed by atoms with van der Waals surface area (Å²) in [6.07, 6.45) is 0. The van der Waals surface area contributed by atoms with Crippen LogP contribution in [-0.4, -0.2) is 24.3 Å². The Bertz CT molecular complexity index is 481. The Hall–Kier alpha value is -1.13. The molecular formula is C16H25FN2O. The van der Waals surface area contributed by atoms with Gasteiger partial charge in [0.25, 0.3) is 0 Å². The van der Waals surface area contributed by atoms with E-state index in [9.17, 15) is 4.39 Å². The third-order valence-electron chi connectivity index (χ3n) is 3.52. The number of nitrogens with zero attached hydrogens (tertiary/aromatic N) is 1. The van der Waals surface area contributed by atoms with E-state index < -0.39 is 0 Å². The monoisotopic (exact) mass is 280 g/mol. The summed E-state index contributed by atoms with van der Waals surface area (Å²) in [5, 5.41) is 0. The van der Waals surface area contributed by atoms with Gasteiger partial charge in [0.05, 0.1) is 11.2 Å². The normalized spacial score (nSPS) is 22.6. The lowest BCUT2D eigenvalue weighted by Gasteiger charge is -2.48. The fourth-order valence-corrected chi connectivity index (χ4v) is 3.14. The second kappa shape index (κ2) is 5.01. The number of rotatable bonds is 2. The van der Waals surface area contributed by atoms with Gasteiger partial charge >= 0.3 is 0 Å². The molecule has 2 N–H and O–H groups in total. The summed E-state index contributed by atoms with van der Waals surface area (Å²) in [5.41, 5.74) is 7.36. The van der Waals surface area contributed by atoms with Crippen LogP contribution in [-0.2, 0) is 4.74 Å². The van der Waals surface area contributed by atoms with E-state index in [0.29, 0.717) is 0 Å². The van der Waals surface area contributed by atoms with Gasteiger partial charge in [0.2, 0.25) is 0 Å². The first kappa shape index (κ1) is 15.3. The summed E-state index contributed by atoms with van der Waals surface area (Å²) in [5.74, 6) is -0.243. The maximum absolute atomic E-state index is 13.5. The highest BCUT2D eigenvalue weighted by Gasteiger charge is 2.38. The van der Waals surface area contributed by atoms with E-state index in [1.807, 2.05) is 13.0 Å². The standard InChI is InChI=1S/C16H25FN2O/c1-11(18)13-8-12(17)6-7-14(13)19-9-15(2,3)20-16(4,5)10-19/h6-8,11H,9-10,18H2,1-5H3/t11-/m0/s1. The predicted octanol–water partition coefficient (Wildman–Crippen LogP) is 3.24. The minimum Gasteiger partial charge on any atom is -0.366 e. The Morgan fingerprint density at radius 3 is 2.25 bits per heavy atom. The number of hydrogen-bond acceptors (Lipinski definition) is 3. The van der Waals surface area contributed by atoms with Crippen LogP contribution in [0.5, 0.6) is 0 Å². The van der Waals surface area contributed by atoms with Crippen molar-refractivity contribution in [2.75, 3.05) is 18.0 Å². The van der Waals surface area contributed by atoms with Crippen LogP contribution in [0.15, 0.2) is 18.2 Å². The topological polar surface area (TPSA) is 38.5 Å². The largest absolute Gasteiger partial charge is 0.366 e. The van der Waals surface area contributed by atoms with E-state index in [1.54, 1.807) is 0 Å². The van der Waals surface area contributed by atoms with Crippen LogP contribution in [0.2, 0.25) is 0 Å². The maximum atomic E-state index is 13.5. The van der Waals surface area contributed by atoms with E-state index in [-0.39, 0.29) is 23.1 Å². The van der Waals surface area contributed by atoms with Crippen molar-refractivity contribution in [2.24, 2.45) is 5.73 Å². The fraction of sp³-hybridized carbons (Fsp3) is 0.625. The van der Waals surface area contributed by atoms with Crippen molar-refractivity contribution in [3.63, 3.8) is 0 Å². The molecule has 0 saturated carbocycles. The van der Waals surface area contributed by atoms with Crippen LogP contribution >= 0.6 is 0 Å². The molecular weight excluding hydrogens is 255 g/mol. The van der Waals surface area contributed by atoms with Crippen LogP contribution < -0.4 is 10.6 Å². The van der Waals surface area contributed by atoms with Gasteiger partial charge in [-0.15, -0.1) is 0 Å². The van der Waals surface area contributed by atoms with E-state index in [1.165, 1.54) is 12.1 Å². The van der Waals surface area contributed by atoms with Crippen LogP contribution in [0, 0.1) is 5.82 Å². The molecule has 0 amide bonds. The Kier molecular flexibility index (Phi) is 3.82. The zero-order valence-corrected chi connectivity index (χ0v) is 13.0. The van der Waals surface area contributed by atoms with Gasteiger partial charge < -0.3 is 15.4 Å². The number of halogens is 1. The molecule has 3 nitrogen and oxygen atoms in total. The SMILES string of the molecule is C[C@H](N)c1cc(F)ccc1N1CC(C)(C)OC(C)(C)C1. The molecule has 1 aliphatic rings. The summed E-state index contributed by atoms with van der Waals surface area (Å²) in [4.78, 5) is 2.25. The van der Waals surface area contributed by atoms with Crippen LogP contribution in [0.1, 0.15) is 46.2 Å². The molecule has 1 saturated heterocycles. The fourth-order valence-electron chi connectivity index (χ4n) is 3.14. The molecule has 2 rings (SSSR count). The van der Waals surface area contributed by atoms with Gasteiger partial charge in [0.1, 0.15) is 5.82 Å². The highest BCUT2D eigenvalue weighted by molar-refractivity contribution is 5.56. The Morgan fingerprint density at radius 1 is 1.20 bits per heavy atom. The number of morpholine rings is 1. The molecule has 0 spiro atoms. The average molecular weight is 280 g/mol. The molecule has 0 radical (unpaired) electrons. The van der Waals surface area contributed by atoms with Crippen LogP contribution in [0.4, 0.5) is 10.1 Å². The summed E-state index contributed by atoms with van der Waals surface area (Å²) in [6, 6.07) is 4.66. The molecule has 1 fully saturated rings. The van der Waals surface area contributed by atoms with E-state index in [4.69, 9.17) is 10.5 Å². The molecule has 1 aromatic rings. The van der Waals surface area contributed by atoms with Crippen molar-refractivity contribution in [1.29, 1.82) is 0 Å². The third kappa shape index (κ3) is 3.30. The van der Waals surface area contributed by atoms with Crippen LogP contribution in [0.25, 0.3) is 0 Å². The van der Waals surface area contributed by atoms with Gasteiger partial charge in [0, 0.05) is 24.8 Å². The Morgan fingerprint density at radius 2 is 1.75 bits per heavy atom. The van der Waals surface area contributed by atoms with Crippen molar-refractivity contribution in [3.8, 4) is 0 Å². The van der Waals surface area contributed by atoms with Gasteiger partial charge in [-0.3, -0.25) is 0 Å². The van der Waals surface area contributed by atoms with E-state index >= 15 is 0 Å². The summed E-state index contributed by atoms with van der Waals surface area (Å²) < 4.78 is 19.6.